The molecule has 0 aromatic heterocycles. The minimum Gasteiger partial charge on any atom is -0.508 e. The molecule has 0 bridgehead atoms. The minimum atomic E-state index is -2.00. The van der Waals surface area contributed by atoms with Crippen LogP contribution >= 0.6 is 0 Å². The molecule has 0 spiro atoms. The zero-order valence-electron chi connectivity index (χ0n) is 21.0. The number of aromatic hydroxyl groups is 1. The monoisotopic (exact) mass is 500 g/mol. The summed E-state index contributed by atoms with van der Waals surface area (Å²) in [4.78, 5) is 26.1. The van der Waals surface area contributed by atoms with Crippen LogP contribution in [-0.4, -0.2) is 66.3 Å². The zero-order valence-corrected chi connectivity index (χ0v) is 21.0. The molecule has 1 aromatic carbocycles. The Morgan fingerprint density at radius 3 is 2.33 bits per heavy atom. The second-order valence-corrected chi connectivity index (χ2v) is 11.9. The van der Waals surface area contributed by atoms with E-state index in [1.165, 1.54) is 31.2 Å². The average molecular weight is 501 g/mol. The lowest BCUT2D eigenvalue weighted by molar-refractivity contribution is -0.312. The van der Waals surface area contributed by atoms with Crippen LogP contribution in [0, 0.1) is 16.7 Å². The highest BCUT2D eigenvalue weighted by atomic mass is 16.5. The van der Waals surface area contributed by atoms with E-state index in [0.29, 0.717) is 19.3 Å². The number of aliphatic hydroxyl groups excluding tert-OH is 1. The van der Waals surface area contributed by atoms with Crippen molar-refractivity contribution in [2.24, 2.45) is 16.7 Å². The molecule has 36 heavy (non-hydrogen) atoms. The van der Waals surface area contributed by atoms with Gasteiger partial charge in [0.2, 0.25) is 0 Å². The number of hydrogen-bond acceptors (Lipinski definition) is 8. The van der Waals surface area contributed by atoms with Crippen molar-refractivity contribution in [2.75, 3.05) is 0 Å². The first kappa shape index (κ1) is 25.4. The van der Waals surface area contributed by atoms with E-state index in [1.807, 2.05) is 13.0 Å². The molecule has 4 aliphatic carbocycles. The van der Waals surface area contributed by atoms with Gasteiger partial charge in [-0.25, -0.2) is 4.79 Å². The largest absolute Gasteiger partial charge is 0.508 e. The van der Waals surface area contributed by atoms with Gasteiger partial charge < -0.3 is 30.3 Å². The molecule has 0 unspecified atom stereocenters. The van der Waals surface area contributed by atoms with E-state index in [2.05, 4.69) is 0 Å². The third-order valence-corrected chi connectivity index (χ3v) is 10.5. The van der Waals surface area contributed by atoms with Crippen LogP contribution in [0.25, 0.3) is 0 Å². The van der Waals surface area contributed by atoms with E-state index < -0.39 is 57.5 Å². The van der Waals surface area contributed by atoms with Crippen LogP contribution in [0.4, 0.5) is 0 Å². The molecule has 4 aliphatic rings. The average Bonchev–Trinajstić information content (AvgIpc) is 3.06. The third-order valence-electron chi connectivity index (χ3n) is 10.5. The smallest absolute Gasteiger partial charge is 0.338 e. The summed E-state index contributed by atoms with van der Waals surface area (Å²) in [5, 5.41) is 56.3. The molecule has 0 radical (unpaired) electrons. The molecule has 0 amide bonds. The molecule has 5 N–H and O–H groups in total. The molecular formula is C28H36O8. The number of carbonyl (C=O) groups is 2. The Kier molecular flexibility index (Phi) is 5.55. The molecule has 0 saturated heterocycles. The SMILES string of the molecule is CC(=O)[C@]1(O)CC[C@@]2(O)[C@]1(C)[C@@H](OC(=O)c1ccc(O)cc1)C[C@H]1[C@@]3(C)CC[C@H](O)CC3=CC[C@@]12O. The van der Waals surface area contributed by atoms with Crippen molar-refractivity contribution in [1.29, 1.82) is 0 Å². The summed E-state index contributed by atoms with van der Waals surface area (Å²) in [5.41, 5.74) is -6.60. The van der Waals surface area contributed by atoms with Gasteiger partial charge in [-0.2, -0.15) is 0 Å². The highest BCUT2D eigenvalue weighted by Gasteiger charge is 2.81. The van der Waals surface area contributed by atoms with Crippen molar-refractivity contribution in [3.05, 3.63) is 41.5 Å². The van der Waals surface area contributed by atoms with Gasteiger partial charge in [-0.15, -0.1) is 0 Å². The molecule has 196 valence electrons. The first-order valence-electron chi connectivity index (χ1n) is 12.8. The van der Waals surface area contributed by atoms with Crippen LogP contribution < -0.4 is 0 Å². The van der Waals surface area contributed by atoms with Crippen LogP contribution in [0.3, 0.4) is 0 Å². The Morgan fingerprint density at radius 1 is 1.03 bits per heavy atom. The third kappa shape index (κ3) is 3.01. The summed E-state index contributed by atoms with van der Waals surface area (Å²) in [5.74, 6) is -1.79. The van der Waals surface area contributed by atoms with Gasteiger partial charge >= 0.3 is 5.97 Å². The summed E-state index contributed by atoms with van der Waals surface area (Å²) in [7, 11) is 0. The summed E-state index contributed by atoms with van der Waals surface area (Å²) in [6.07, 6.45) is 2.15. The number of ketones is 1. The number of phenols is 1. The Hall–Kier alpha value is -2.26. The molecule has 3 fully saturated rings. The number of phenolic OH excluding ortho intramolecular Hbond substituents is 1. The number of Topliss-reactive ketones (excluding diaryl/α,β-unsaturated/α-hetero) is 1. The van der Waals surface area contributed by atoms with Crippen molar-refractivity contribution in [1.82, 2.24) is 0 Å². The van der Waals surface area contributed by atoms with E-state index in [0.717, 1.165) is 5.57 Å². The fourth-order valence-corrected chi connectivity index (χ4v) is 8.17. The van der Waals surface area contributed by atoms with Gasteiger partial charge in [0, 0.05) is 5.92 Å². The van der Waals surface area contributed by atoms with Gasteiger partial charge in [-0.05, 0) is 88.5 Å². The molecular weight excluding hydrogens is 464 g/mol. The molecule has 8 atom stereocenters. The van der Waals surface area contributed by atoms with E-state index >= 15 is 0 Å². The van der Waals surface area contributed by atoms with Crippen LogP contribution in [0.1, 0.15) is 76.1 Å². The quantitative estimate of drug-likeness (QED) is 0.314. The lowest BCUT2D eigenvalue weighted by Gasteiger charge is -2.67. The second-order valence-electron chi connectivity index (χ2n) is 11.9. The Morgan fingerprint density at radius 2 is 1.69 bits per heavy atom. The van der Waals surface area contributed by atoms with Gasteiger partial charge in [0.25, 0.3) is 0 Å². The number of esters is 1. The van der Waals surface area contributed by atoms with Crippen molar-refractivity contribution in [3.63, 3.8) is 0 Å². The standard InChI is InChI=1S/C28H36O8/c1-16(29)26(33)12-13-28(35)25(26,3)22(36-23(32)17-4-6-19(30)7-5-17)15-21-24(2)10-9-20(31)14-18(24)8-11-27(21,28)34/h4-8,20-22,30-31,33-35H,9-15H2,1-3H3/t20-,21-,22-,24-,25+,26+,27+,28+/m0/s1. The van der Waals surface area contributed by atoms with Crippen LogP contribution in [0.15, 0.2) is 35.9 Å². The zero-order chi connectivity index (χ0) is 26.3. The fourth-order valence-electron chi connectivity index (χ4n) is 8.17. The van der Waals surface area contributed by atoms with Gasteiger partial charge in [-0.3, -0.25) is 4.79 Å². The van der Waals surface area contributed by atoms with Crippen LogP contribution in [-0.2, 0) is 9.53 Å². The molecule has 0 heterocycles. The summed E-state index contributed by atoms with van der Waals surface area (Å²) >= 11 is 0. The van der Waals surface area contributed by atoms with Crippen LogP contribution in [0.2, 0.25) is 0 Å². The highest BCUT2D eigenvalue weighted by Crippen LogP contribution is 2.70. The maximum absolute atomic E-state index is 13.2. The van der Waals surface area contributed by atoms with Crippen molar-refractivity contribution in [3.8, 4) is 5.75 Å². The number of carbonyl (C=O) groups excluding carboxylic acids is 2. The molecule has 3 saturated carbocycles. The molecule has 8 heteroatoms. The normalized spacial score (nSPS) is 45.6. The van der Waals surface area contributed by atoms with E-state index in [1.54, 1.807) is 6.92 Å². The maximum Gasteiger partial charge on any atom is 0.338 e. The minimum absolute atomic E-state index is 0.00806. The Balaban J connectivity index is 1.64. The predicted octanol–water partition coefficient (Wildman–Crippen LogP) is 2.40. The first-order chi connectivity index (χ1) is 16.7. The molecule has 5 rings (SSSR count). The number of aliphatic hydroxyl groups is 4. The number of hydrogen-bond donors (Lipinski definition) is 5. The topological polar surface area (TPSA) is 145 Å². The fraction of sp³-hybridized carbons (Fsp3) is 0.643. The first-order valence-corrected chi connectivity index (χ1v) is 12.8. The summed E-state index contributed by atoms with van der Waals surface area (Å²) in [6.45, 7) is 4.84. The second kappa shape index (κ2) is 7.87. The predicted molar refractivity (Wildman–Crippen MR) is 129 cm³/mol. The van der Waals surface area contributed by atoms with Crippen molar-refractivity contribution in [2.45, 2.75) is 94.7 Å². The summed E-state index contributed by atoms with van der Waals surface area (Å²) < 4.78 is 6.01. The molecule has 0 aliphatic heterocycles. The van der Waals surface area contributed by atoms with E-state index in [9.17, 15) is 35.1 Å². The molecule has 1 aromatic rings. The van der Waals surface area contributed by atoms with Crippen LogP contribution in [0.5, 0.6) is 5.75 Å². The molecule has 8 nitrogen and oxygen atoms in total. The van der Waals surface area contributed by atoms with Gasteiger partial charge in [0.1, 0.15) is 28.7 Å². The van der Waals surface area contributed by atoms with Crippen molar-refractivity contribution < 1.29 is 39.9 Å². The van der Waals surface area contributed by atoms with Gasteiger partial charge in [0.15, 0.2) is 5.78 Å². The summed E-state index contributed by atoms with van der Waals surface area (Å²) in [6, 6.07) is 5.57. The van der Waals surface area contributed by atoms with E-state index in [-0.39, 0.29) is 37.0 Å². The number of rotatable bonds is 3. The van der Waals surface area contributed by atoms with Gasteiger partial charge in [0.05, 0.1) is 17.1 Å². The lowest BCUT2D eigenvalue weighted by Crippen LogP contribution is -2.78. The maximum atomic E-state index is 13.2. The Labute approximate surface area is 210 Å². The highest BCUT2D eigenvalue weighted by molar-refractivity contribution is 5.90. The number of ether oxygens (including phenoxy) is 1. The van der Waals surface area contributed by atoms with Crippen molar-refractivity contribution >= 4 is 11.8 Å². The number of benzene rings is 1. The van der Waals surface area contributed by atoms with Gasteiger partial charge in [-0.1, -0.05) is 18.6 Å². The Bertz CT molecular complexity index is 1130. The number of fused-ring (bicyclic) bond motifs is 5. The van der Waals surface area contributed by atoms with E-state index in [4.69, 9.17) is 4.74 Å². The lowest BCUT2D eigenvalue weighted by atomic mass is 9.42.